The van der Waals surface area contributed by atoms with E-state index in [1.54, 1.807) is 18.4 Å². The first-order valence-corrected chi connectivity index (χ1v) is 9.37. The summed E-state index contributed by atoms with van der Waals surface area (Å²) >= 11 is 3.13. The number of nitrogens with one attached hydrogen (secondary N) is 1. The number of methoxy groups -OCH3 is 1. The summed E-state index contributed by atoms with van der Waals surface area (Å²) in [6, 6.07) is 11.4. The van der Waals surface area contributed by atoms with Gasteiger partial charge in [-0.2, -0.15) is 0 Å². The van der Waals surface area contributed by atoms with Crippen LogP contribution in [0.4, 0.5) is 0 Å². The molecule has 1 aromatic heterocycles. The molecular weight excluding hydrogens is 346 g/mol. The van der Waals surface area contributed by atoms with E-state index in [1.807, 2.05) is 41.8 Å². The molecule has 1 aromatic carbocycles. The minimum atomic E-state index is -0.385. The SMILES string of the molecule is COc1ccccc1CNC(=O)COC(=O)CSCc1cccs1. The lowest BCUT2D eigenvalue weighted by Crippen LogP contribution is -2.28. The molecule has 0 unspecified atom stereocenters. The Morgan fingerprint density at radius 2 is 2.04 bits per heavy atom. The number of para-hydroxylation sites is 1. The molecule has 5 nitrogen and oxygen atoms in total. The Hall–Kier alpha value is -1.99. The van der Waals surface area contributed by atoms with E-state index in [2.05, 4.69) is 5.32 Å². The molecule has 24 heavy (non-hydrogen) atoms. The first-order chi connectivity index (χ1) is 11.7. The lowest BCUT2D eigenvalue weighted by atomic mass is 10.2. The quantitative estimate of drug-likeness (QED) is 0.692. The Morgan fingerprint density at radius 1 is 1.21 bits per heavy atom. The number of esters is 1. The highest BCUT2D eigenvalue weighted by atomic mass is 32.2. The van der Waals surface area contributed by atoms with Crippen LogP contribution in [0.1, 0.15) is 10.4 Å². The van der Waals surface area contributed by atoms with Gasteiger partial charge in [0, 0.05) is 22.7 Å². The first kappa shape index (κ1) is 18.4. The number of benzene rings is 1. The third-order valence-electron chi connectivity index (χ3n) is 3.08. The van der Waals surface area contributed by atoms with E-state index in [4.69, 9.17) is 9.47 Å². The van der Waals surface area contributed by atoms with Crippen LogP contribution in [0.2, 0.25) is 0 Å². The predicted octanol–water partition coefficient (Wildman–Crippen LogP) is 2.85. The van der Waals surface area contributed by atoms with Crippen molar-refractivity contribution in [3.8, 4) is 5.75 Å². The van der Waals surface area contributed by atoms with Crippen LogP contribution in [0.3, 0.4) is 0 Å². The molecule has 2 rings (SSSR count). The molecular formula is C17H19NO4S2. The standard InChI is InChI=1S/C17H19NO4S2/c1-21-15-7-3-2-5-13(15)9-18-16(19)10-22-17(20)12-23-11-14-6-4-8-24-14/h2-8H,9-12H2,1H3,(H,18,19). The van der Waals surface area contributed by atoms with Gasteiger partial charge >= 0.3 is 5.97 Å². The van der Waals surface area contributed by atoms with Gasteiger partial charge in [-0.15, -0.1) is 23.1 Å². The number of carbonyl (C=O) groups is 2. The lowest BCUT2D eigenvalue weighted by molar-refractivity contribution is -0.145. The molecule has 7 heteroatoms. The fraction of sp³-hybridized carbons (Fsp3) is 0.294. The summed E-state index contributed by atoms with van der Waals surface area (Å²) in [6.07, 6.45) is 0. The van der Waals surface area contributed by atoms with E-state index in [0.717, 1.165) is 11.3 Å². The van der Waals surface area contributed by atoms with E-state index in [0.29, 0.717) is 12.3 Å². The zero-order valence-electron chi connectivity index (χ0n) is 13.3. The molecule has 0 saturated heterocycles. The summed E-state index contributed by atoms with van der Waals surface area (Å²) in [4.78, 5) is 24.6. The summed E-state index contributed by atoms with van der Waals surface area (Å²) < 4.78 is 10.2. The van der Waals surface area contributed by atoms with Crippen LogP contribution in [-0.4, -0.2) is 31.3 Å². The third kappa shape index (κ3) is 6.25. The maximum absolute atomic E-state index is 11.7. The summed E-state index contributed by atoms with van der Waals surface area (Å²) in [5.74, 6) is 0.992. The molecule has 0 atom stereocenters. The average molecular weight is 365 g/mol. The average Bonchev–Trinajstić information content (AvgIpc) is 3.11. The highest BCUT2D eigenvalue weighted by molar-refractivity contribution is 7.99. The molecule has 128 valence electrons. The molecule has 0 radical (unpaired) electrons. The second kappa shape index (κ2) is 10.00. The molecule has 0 spiro atoms. The second-order valence-electron chi connectivity index (χ2n) is 4.82. The maximum atomic E-state index is 11.7. The summed E-state index contributed by atoms with van der Waals surface area (Å²) in [5.41, 5.74) is 0.867. The number of hydrogen-bond acceptors (Lipinski definition) is 6. The number of thioether (sulfide) groups is 1. The predicted molar refractivity (Wildman–Crippen MR) is 96.3 cm³/mol. The Labute approximate surface area is 149 Å². The Kier molecular flexibility index (Phi) is 7.64. The van der Waals surface area contributed by atoms with Gasteiger partial charge in [0.25, 0.3) is 5.91 Å². The van der Waals surface area contributed by atoms with Gasteiger partial charge < -0.3 is 14.8 Å². The van der Waals surface area contributed by atoms with Crippen molar-refractivity contribution in [2.24, 2.45) is 0 Å². The number of carbonyl (C=O) groups excluding carboxylic acids is 2. The molecule has 2 aromatic rings. The van der Waals surface area contributed by atoms with Crippen LogP contribution in [0, 0.1) is 0 Å². The van der Waals surface area contributed by atoms with Crippen LogP contribution in [0.15, 0.2) is 41.8 Å². The van der Waals surface area contributed by atoms with Crippen molar-refractivity contribution in [2.75, 3.05) is 19.5 Å². The van der Waals surface area contributed by atoms with E-state index in [-0.39, 0.29) is 24.2 Å². The molecule has 0 aliphatic heterocycles. The minimum Gasteiger partial charge on any atom is -0.496 e. The fourth-order valence-electron chi connectivity index (χ4n) is 1.91. The molecule has 1 N–H and O–H groups in total. The van der Waals surface area contributed by atoms with Gasteiger partial charge in [0.2, 0.25) is 0 Å². The van der Waals surface area contributed by atoms with Crippen LogP contribution in [0.5, 0.6) is 5.75 Å². The summed E-state index contributed by atoms with van der Waals surface area (Å²) in [5, 5.41) is 4.71. The van der Waals surface area contributed by atoms with Gasteiger partial charge in [0.05, 0.1) is 12.9 Å². The van der Waals surface area contributed by atoms with Gasteiger partial charge in [-0.1, -0.05) is 24.3 Å². The highest BCUT2D eigenvalue weighted by Gasteiger charge is 2.09. The maximum Gasteiger partial charge on any atom is 0.316 e. The third-order valence-corrected chi connectivity index (χ3v) is 5.09. The molecule has 0 bridgehead atoms. The topological polar surface area (TPSA) is 64.6 Å². The van der Waals surface area contributed by atoms with Crippen LogP contribution >= 0.6 is 23.1 Å². The minimum absolute atomic E-state index is 0.234. The van der Waals surface area contributed by atoms with Crippen molar-refractivity contribution in [1.82, 2.24) is 5.32 Å². The number of hydrogen-bond donors (Lipinski definition) is 1. The van der Waals surface area contributed by atoms with Crippen molar-refractivity contribution in [3.05, 3.63) is 52.2 Å². The number of amides is 1. The van der Waals surface area contributed by atoms with Gasteiger partial charge in [-0.05, 0) is 17.5 Å². The van der Waals surface area contributed by atoms with E-state index >= 15 is 0 Å². The van der Waals surface area contributed by atoms with Crippen LogP contribution in [0.25, 0.3) is 0 Å². The van der Waals surface area contributed by atoms with E-state index in [9.17, 15) is 9.59 Å². The zero-order chi connectivity index (χ0) is 17.2. The number of ether oxygens (including phenoxy) is 2. The van der Waals surface area contributed by atoms with Crippen molar-refractivity contribution in [2.45, 2.75) is 12.3 Å². The molecule has 0 fully saturated rings. The van der Waals surface area contributed by atoms with Crippen LogP contribution in [-0.2, 0) is 26.6 Å². The zero-order valence-corrected chi connectivity index (χ0v) is 15.0. The summed E-state index contributed by atoms with van der Waals surface area (Å²) in [7, 11) is 1.58. The van der Waals surface area contributed by atoms with Crippen molar-refractivity contribution >= 4 is 35.0 Å². The second-order valence-corrected chi connectivity index (χ2v) is 6.84. The monoisotopic (exact) mass is 365 g/mol. The lowest BCUT2D eigenvalue weighted by Gasteiger charge is -2.09. The molecule has 1 amide bonds. The van der Waals surface area contributed by atoms with Gasteiger partial charge in [0.15, 0.2) is 6.61 Å². The highest BCUT2D eigenvalue weighted by Crippen LogP contribution is 2.17. The van der Waals surface area contributed by atoms with Crippen molar-refractivity contribution < 1.29 is 19.1 Å². The smallest absolute Gasteiger partial charge is 0.316 e. The molecule has 0 saturated carbocycles. The Morgan fingerprint density at radius 3 is 2.79 bits per heavy atom. The molecule has 1 heterocycles. The molecule has 0 aliphatic carbocycles. The number of thiophene rings is 1. The van der Waals surface area contributed by atoms with Crippen LogP contribution < -0.4 is 10.1 Å². The fourth-order valence-corrected chi connectivity index (χ4v) is 3.57. The van der Waals surface area contributed by atoms with Gasteiger partial charge in [-0.3, -0.25) is 9.59 Å². The number of rotatable bonds is 9. The van der Waals surface area contributed by atoms with Gasteiger partial charge in [-0.25, -0.2) is 0 Å². The normalized spacial score (nSPS) is 10.2. The summed E-state index contributed by atoms with van der Waals surface area (Å²) in [6.45, 7) is 0.0566. The van der Waals surface area contributed by atoms with E-state index in [1.165, 1.54) is 16.6 Å². The largest absolute Gasteiger partial charge is 0.496 e. The Balaban J connectivity index is 1.62. The van der Waals surface area contributed by atoms with Crippen molar-refractivity contribution in [3.63, 3.8) is 0 Å². The van der Waals surface area contributed by atoms with E-state index < -0.39 is 0 Å². The Bertz CT molecular complexity index is 658. The molecule has 0 aliphatic rings. The van der Waals surface area contributed by atoms with Crippen molar-refractivity contribution in [1.29, 1.82) is 0 Å². The first-order valence-electron chi connectivity index (χ1n) is 7.33. The van der Waals surface area contributed by atoms with Gasteiger partial charge in [0.1, 0.15) is 5.75 Å².